The Bertz CT molecular complexity index is 134. The molecular formula is C13H28O. The number of hydrogen-bond acceptors (Lipinski definition) is 1. The molecule has 0 amide bonds. The highest BCUT2D eigenvalue weighted by Crippen LogP contribution is 2.38. The summed E-state index contributed by atoms with van der Waals surface area (Å²) in [4.78, 5) is 0. The van der Waals surface area contributed by atoms with Crippen molar-refractivity contribution in [3.05, 3.63) is 0 Å². The van der Waals surface area contributed by atoms with Gasteiger partial charge in [0.15, 0.2) is 0 Å². The lowest BCUT2D eigenvalue weighted by molar-refractivity contribution is 0.0291. The Labute approximate surface area is 90.2 Å². The van der Waals surface area contributed by atoms with Crippen molar-refractivity contribution in [3.63, 3.8) is 0 Å². The van der Waals surface area contributed by atoms with E-state index in [1.165, 1.54) is 19.3 Å². The number of hydrogen-bond donors (Lipinski definition) is 0. The third-order valence-corrected chi connectivity index (χ3v) is 2.54. The first-order valence-electron chi connectivity index (χ1n) is 6.03. The van der Waals surface area contributed by atoms with Crippen LogP contribution in [0.25, 0.3) is 0 Å². The molecule has 1 aliphatic carbocycles. The van der Waals surface area contributed by atoms with Crippen molar-refractivity contribution in [1.29, 1.82) is 0 Å². The molecule has 0 aromatic heterocycles. The molecule has 1 aliphatic rings. The van der Waals surface area contributed by atoms with Crippen LogP contribution in [0.4, 0.5) is 0 Å². The van der Waals surface area contributed by atoms with Crippen LogP contribution in [0.5, 0.6) is 0 Å². The van der Waals surface area contributed by atoms with Gasteiger partial charge in [0.25, 0.3) is 0 Å². The van der Waals surface area contributed by atoms with E-state index in [2.05, 4.69) is 41.5 Å². The topological polar surface area (TPSA) is 9.23 Å². The van der Waals surface area contributed by atoms with Crippen molar-refractivity contribution < 1.29 is 4.74 Å². The van der Waals surface area contributed by atoms with Crippen LogP contribution in [-0.2, 0) is 4.74 Å². The highest BCUT2D eigenvalue weighted by atomic mass is 16.5. The summed E-state index contributed by atoms with van der Waals surface area (Å²) in [5, 5.41) is 0. The zero-order valence-electron chi connectivity index (χ0n) is 10.9. The molecule has 0 spiro atoms. The molecule has 0 aromatic carbocycles. The Hall–Kier alpha value is -0.0400. The molecule has 0 saturated heterocycles. The zero-order chi connectivity index (χ0) is 11.2. The van der Waals surface area contributed by atoms with E-state index >= 15 is 0 Å². The van der Waals surface area contributed by atoms with E-state index < -0.39 is 0 Å². The summed E-state index contributed by atoms with van der Waals surface area (Å²) in [5.41, 5.74) is 0.282. The van der Waals surface area contributed by atoms with Crippen LogP contribution in [0.3, 0.4) is 0 Å². The molecule has 86 valence electrons. The molecule has 0 bridgehead atoms. The normalized spacial score (nSPS) is 18.0. The van der Waals surface area contributed by atoms with Gasteiger partial charge in [-0.15, -0.1) is 0 Å². The molecule has 0 N–H and O–H groups in total. The van der Waals surface area contributed by atoms with Crippen LogP contribution in [0.2, 0.25) is 0 Å². The maximum Gasteiger partial charge on any atom is 0.0656 e. The standard InChI is InChI=1S/C8H16O.C5H12/c1-7(2)6-9-8(3)4-5-8;1-4-5(2)3/h7H,4-6H2,1-3H3;5H,4H2,1-3H3. The Kier molecular flexibility index (Phi) is 6.43. The summed E-state index contributed by atoms with van der Waals surface area (Å²) in [6.45, 7) is 14.1. The highest BCUT2D eigenvalue weighted by Gasteiger charge is 2.38. The van der Waals surface area contributed by atoms with Gasteiger partial charge in [-0.25, -0.2) is 0 Å². The third kappa shape index (κ3) is 8.55. The van der Waals surface area contributed by atoms with Gasteiger partial charge in [0.05, 0.1) is 5.60 Å². The highest BCUT2D eigenvalue weighted by molar-refractivity contribution is 4.90. The Morgan fingerprint density at radius 3 is 1.71 bits per heavy atom. The van der Waals surface area contributed by atoms with Crippen LogP contribution < -0.4 is 0 Å². The fourth-order valence-corrected chi connectivity index (χ4v) is 0.688. The van der Waals surface area contributed by atoms with Crippen molar-refractivity contribution >= 4 is 0 Å². The summed E-state index contributed by atoms with van der Waals surface area (Å²) >= 11 is 0. The van der Waals surface area contributed by atoms with Crippen LogP contribution >= 0.6 is 0 Å². The van der Waals surface area contributed by atoms with Gasteiger partial charge in [0.2, 0.25) is 0 Å². The summed E-state index contributed by atoms with van der Waals surface area (Å²) in [6.07, 6.45) is 3.83. The lowest BCUT2D eigenvalue weighted by atomic mass is 10.2. The van der Waals surface area contributed by atoms with Crippen LogP contribution in [0, 0.1) is 11.8 Å². The minimum absolute atomic E-state index is 0.282. The van der Waals surface area contributed by atoms with E-state index in [1.54, 1.807) is 0 Å². The SMILES string of the molecule is CC(C)COC1(C)CC1.CCC(C)C. The molecule has 1 rings (SSSR count). The first-order chi connectivity index (χ1) is 6.39. The van der Waals surface area contributed by atoms with Gasteiger partial charge in [-0.05, 0) is 31.6 Å². The van der Waals surface area contributed by atoms with Gasteiger partial charge in [-0.2, -0.15) is 0 Å². The minimum Gasteiger partial charge on any atom is -0.375 e. The molecule has 1 fully saturated rings. The van der Waals surface area contributed by atoms with Crippen molar-refractivity contribution in [1.82, 2.24) is 0 Å². The fraction of sp³-hybridized carbons (Fsp3) is 1.00. The molecule has 0 aromatic rings. The molecule has 0 aliphatic heterocycles. The van der Waals surface area contributed by atoms with Gasteiger partial charge in [0.1, 0.15) is 0 Å². The maximum atomic E-state index is 5.60. The zero-order valence-corrected chi connectivity index (χ0v) is 10.9. The van der Waals surface area contributed by atoms with Gasteiger partial charge in [-0.3, -0.25) is 0 Å². The molecule has 1 nitrogen and oxygen atoms in total. The lowest BCUT2D eigenvalue weighted by Gasteiger charge is -2.11. The van der Waals surface area contributed by atoms with Gasteiger partial charge < -0.3 is 4.74 Å². The van der Waals surface area contributed by atoms with Gasteiger partial charge in [-0.1, -0.05) is 41.0 Å². The summed E-state index contributed by atoms with van der Waals surface area (Å²) < 4.78 is 5.60. The van der Waals surface area contributed by atoms with E-state index in [9.17, 15) is 0 Å². The van der Waals surface area contributed by atoms with Gasteiger partial charge >= 0.3 is 0 Å². The van der Waals surface area contributed by atoms with E-state index in [0.717, 1.165) is 12.5 Å². The van der Waals surface area contributed by atoms with Crippen LogP contribution in [-0.4, -0.2) is 12.2 Å². The second-order valence-electron chi connectivity index (χ2n) is 5.46. The third-order valence-electron chi connectivity index (χ3n) is 2.54. The molecule has 1 heteroatoms. The lowest BCUT2D eigenvalue weighted by Crippen LogP contribution is -2.12. The summed E-state index contributed by atoms with van der Waals surface area (Å²) in [5.74, 6) is 1.57. The van der Waals surface area contributed by atoms with E-state index in [-0.39, 0.29) is 5.60 Å². The second kappa shape index (κ2) is 6.44. The fourth-order valence-electron chi connectivity index (χ4n) is 0.688. The molecule has 0 radical (unpaired) electrons. The van der Waals surface area contributed by atoms with Crippen molar-refractivity contribution in [3.8, 4) is 0 Å². The maximum absolute atomic E-state index is 5.60. The van der Waals surface area contributed by atoms with Crippen LogP contribution in [0.1, 0.15) is 60.8 Å². The van der Waals surface area contributed by atoms with Gasteiger partial charge in [0, 0.05) is 6.61 Å². The van der Waals surface area contributed by atoms with Crippen LogP contribution in [0.15, 0.2) is 0 Å². The molecular weight excluding hydrogens is 172 g/mol. The molecule has 0 heterocycles. The average Bonchev–Trinajstić information content (AvgIpc) is 2.82. The quantitative estimate of drug-likeness (QED) is 0.658. The Morgan fingerprint density at radius 1 is 1.07 bits per heavy atom. The van der Waals surface area contributed by atoms with E-state index in [0.29, 0.717) is 5.92 Å². The molecule has 14 heavy (non-hydrogen) atoms. The summed E-state index contributed by atoms with van der Waals surface area (Å²) in [7, 11) is 0. The first kappa shape index (κ1) is 14.0. The molecule has 0 atom stereocenters. The van der Waals surface area contributed by atoms with Crippen molar-refractivity contribution in [2.24, 2.45) is 11.8 Å². The number of ether oxygens (including phenoxy) is 1. The first-order valence-corrected chi connectivity index (χ1v) is 6.03. The second-order valence-corrected chi connectivity index (χ2v) is 5.46. The Balaban J connectivity index is 0.000000292. The Morgan fingerprint density at radius 2 is 1.50 bits per heavy atom. The predicted molar refractivity (Wildman–Crippen MR) is 63.6 cm³/mol. The largest absolute Gasteiger partial charge is 0.375 e. The smallest absolute Gasteiger partial charge is 0.0656 e. The van der Waals surface area contributed by atoms with E-state index in [1.807, 2.05) is 0 Å². The van der Waals surface area contributed by atoms with Crippen molar-refractivity contribution in [2.75, 3.05) is 6.61 Å². The van der Waals surface area contributed by atoms with E-state index in [4.69, 9.17) is 4.74 Å². The molecule has 1 saturated carbocycles. The monoisotopic (exact) mass is 200 g/mol. The average molecular weight is 200 g/mol. The summed E-state index contributed by atoms with van der Waals surface area (Å²) in [6, 6.07) is 0. The number of rotatable bonds is 4. The van der Waals surface area contributed by atoms with Crippen molar-refractivity contribution in [2.45, 2.75) is 66.4 Å². The molecule has 0 unspecified atom stereocenters. The minimum atomic E-state index is 0.282. The predicted octanol–water partition coefficient (Wildman–Crippen LogP) is 4.26.